The number of aromatic nitrogens is 2. The summed E-state index contributed by atoms with van der Waals surface area (Å²) in [4.78, 5) is 21.8. The van der Waals surface area contributed by atoms with Crippen LogP contribution in [0.1, 0.15) is 47.3 Å². The molecule has 7 heteroatoms. The van der Waals surface area contributed by atoms with Crippen LogP contribution in [0.3, 0.4) is 0 Å². The summed E-state index contributed by atoms with van der Waals surface area (Å²) in [7, 11) is 0. The molecule has 150 valence electrons. The van der Waals surface area contributed by atoms with Crippen molar-refractivity contribution in [2.75, 3.05) is 5.32 Å². The summed E-state index contributed by atoms with van der Waals surface area (Å²) in [5.41, 5.74) is 7.40. The van der Waals surface area contributed by atoms with E-state index in [9.17, 15) is 4.79 Å². The summed E-state index contributed by atoms with van der Waals surface area (Å²) in [5.74, 6) is 0.775. The van der Waals surface area contributed by atoms with Crippen LogP contribution < -0.4 is 15.1 Å². The summed E-state index contributed by atoms with van der Waals surface area (Å²) in [5, 5.41) is 6.71. The maximum atomic E-state index is 12.5. The molecule has 1 saturated carbocycles. The molecule has 2 aromatic rings. The first-order chi connectivity index (χ1) is 13.3. The number of amides is 1. The Morgan fingerprint density at radius 2 is 1.75 bits per heavy atom. The number of carbonyl (C=O) groups excluding carboxylic acids is 1. The predicted molar refractivity (Wildman–Crippen MR) is 120 cm³/mol. The van der Waals surface area contributed by atoms with Crippen molar-refractivity contribution < 1.29 is 4.79 Å². The van der Waals surface area contributed by atoms with Gasteiger partial charge in [-0.2, -0.15) is 0 Å². The average Bonchev–Trinajstić information content (AvgIpc) is 2.65. The fourth-order valence-electron chi connectivity index (χ4n) is 3.46. The normalized spacial score (nSPS) is 19.5. The van der Waals surface area contributed by atoms with Gasteiger partial charge in [-0.25, -0.2) is 0 Å². The Morgan fingerprint density at radius 3 is 2.39 bits per heavy atom. The van der Waals surface area contributed by atoms with E-state index in [-0.39, 0.29) is 11.9 Å². The SMILES string of the molecule is Cc1cc([As](C)C)nc(N[C@H]2CC[C@@H](NC(=O)c3ccc(Br)c(C)c3)CC2)n1. The second kappa shape index (κ2) is 9.40. The molecule has 3 rings (SSSR count). The molecule has 0 spiro atoms. The summed E-state index contributed by atoms with van der Waals surface area (Å²) in [6.45, 7) is 4.03. The zero-order valence-electron chi connectivity index (χ0n) is 16.9. The van der Waals surface area contributed by atoms with Gasteiger partial charge in [-0.3, -0.25) is 0 Å². The van der Waals surface area contributed by atoms with Crippen LogP contribution in [0.15, 0.2) is 28.7 Å². The topological polar surface area (TPSA) is 66.9 Å². The van der Waals surface area contributed by atoms with E-state index in [1.807, 2.05) is 32.0 Å². The van der Waals surface area contributed by atoms with Crippen LogP contribution in [0.25, 0.3) is 0 Å². The fraction of sp³-hybridized carbons (Fsp3) is 0.476. The van der Waals surface area contributed by atoms with Crippen LogP contribution in [0, 0.1) is 13.8 Å². The quantitative estimate of drug-likeness (QED) is 0.602. The molecule has 2 N–H and O–H groups in total. The first-order valence-corrected chi connectivity index (χ1v) is 15.2. The Kier molecular flexibility index (Phi) is 7.16. The summed E-state index contributed by atoms with van der Waals surface area (Å²) in [6.07, 6.45) is 3.96. The molecule has 1 aromatic heterocycles. The van der Waals surface area contributed by atoms with Gasteiger partial charge in [-0.05, 0) is 18.6 Å². The molecule has 1 amide bonds. The van der Waals surface area contributed by atoms with E-state index in [0.29, 0.717) is 6.04 Å². The first-order valence-electron chi connectivity index (χ1n) is 9.68. The van der Waals surface area contributed by atoms with Crippen molar-refractivity contribution in [3.63, 3.8) is 0 Å². The Hall–Kier alpha value is -1.39. The second-order valence-corrected chi connectivity index (χ2v) is 13.3. The number of carbonyl (C=O) groups is 1. The van der Waals surface area contributed by atoms with E-state index >= 15 is 0 Å². The van der Waals surface area contributed by atoms with Crippen molar-refractivity contribution in [2.45, 2.75) is 63.0 Å². The van der Waals surface area contributed by atoms with Gasteiger partial charge < -0.3 is 0 Å². The maximum absolute atomic E-state index is 12.5. The molecule has 0 unspecified atom stereocenters. The van der Waals surface area contributed by atoms with Gasteiger partial charge in [0.25, 0.3) is 0 Å². The molecular weight excluding hydrogens is 479 g/mol. The molecule has 5 nitrogen and oxygen atoms in total. The van der Waals surface area contributed by atoms with E-state index in [2.05, 4.69) is 49.0 Å². The van der Waals surface area contributed by atoms with Crippen LogP contribution >= 0.6 is 15.9 Å². The summed E-state index contributed by atoms with van der Waals surface area (Å²) < 4.78 is 2.24. The molecule has 1 aromatic carbocycles. The Morgan fingerprint density at radius 1 is 1.07 bits per heavy atom. The minimum atomic E-state index is -1.01. The number of aryl methyl sites for hydroxylation is 2. The van der Waals surface area contributed by atoms with Gasteiger partial charge >= 0.3 is 142 Å². The van der Waals surface area contributed by atoms with Crippen LogP contribution in [0.4, 0.5) is 5.95 Å². The Bertz CT molecular complexity index is 850. The van der Waals surface area contributed by atoms with Crippen molar-refractivity contribution in [2.24, 2.45) is 0 Å². The molecule has 0 atom stereocenters. The fourth-order valence-corrected chi connectivity index (χ4v) is 5.26. The molecule has 0 bridgehead atoms. The number of benzene rings is 1. The van der Waals surface area contributed by atoms with Crippen molar-refractivity contribution in [1.29, 1.82) is 0 Å². The standard InChI is InChI=1S/C21H28AsBrN4O/c1-13-11-15(5-10-18(13)23)20(28)25-16-6-8-17(9-7-16)26-21-24-14(2)12-19(27-21)22(3)4/h5,10-12,16-17H,6-9H2,1-4H3,(H,25,28)(H,24,26,27)/t16-,17+. The van der Waals surface area contributed by atoms with Crippen LogP contribution in [0.5, 0.6) is 0 Å². The predicted octanol–water partition coefficient (Wildman–Crippen LogP) is 3.97. The molecule has 1 aliphatic carbocycles. The molecule has 28 heavy (non-hydrogen) atoms. The van der Waals surface area contributed by atoms with Gasteiger partial charge in [0, 0.05) is 4.47 Å². The third-order valence-corrected chi connectivity index (χ3v) is 8.41. The van der Waals surface area contributed by atoms with Crippen LogP contribution in [0.2, 0.25) is 11.4 Å². The third-order valence-electron chi connectivity index (χ3n) is 5.11. The van der Waals surface area contributed by atoms with Gasteiger partial charge in [-0.1, -0.05) is 15.9 Å². The van der Waals surface area contributed by atoms with Crippen molar-refractivity contribution in [3.05, 3.63) is 45.6 Å². The zero-order chi connectivity index (χ0) is 20.3. The molecular formula is C21H28AsBrN4O. The van der Waals surface area contributed by atoms with Gasteiger partial charge in [-0.15, -0.1) is 0 Å². The summed E-state index contributed by atoms with van der Waals surface area (Å²) >= 11 is 2.47. The Balaban J connectivity index is 1.53. The van der Waals surface area contributed by atoms with E-state index < -0.39 is 14.7 Å². The number of anilines is 1. The van der Waals surface area contributed by atoms with Gasteiger partial charge in [0.1, 0.15) is 0 Å². The van der Waals surface area contributed by atoms with Crippen LogP contribution in [-0.4, -0.2) is 42.6 Å². The Labute approximate surface area is 180 Å². The van der Waals surface area contributed by atoms with E-state index in [1.54, 1.807) is 0 Å². The van der Waals surface area contributed by atoms with Crippen molar-refractivity contribution in [3.8, 4) is 0 Å². The van der Waals surface area contributed by atoms with E-state index in [0.717, 1.165) is 52.9 Å². The monoisotopic (exact) mass is 506 g/mol. The summed E-state index contributed by atoms with van der Waals surface area (Å²) in [6, 6.07) is 8.43. The van der Waals surface area contributed by atoms with Gasteiger partial charge in [0.15, 0.2) is 0 Å². The van der Waals surface area contributed by atoms with Gasteiger partial charge in [0.05, 0.1) is 0 Å². The number of nitrogens with zero attached hydrogens (tertiary/aromatic N) is 2. The van der Waals surface area contributed by atoms with E-state index in [4.69, 9.17) is 4.98 Å². The second-order valence-electron chi connectivity index (χ2n) is 7.72. The zero-order valence-corrected chi connectivity index (χ0v) is 20.4. The number of hydrogen-bond acceptors (Lipinski definition) is 4. The number of rotatable bonds is 5. The van der Waals surface area contributed by atoms with Gasteiger partial charge in [0.2, 0.25) is 0 Å². The van der Waals surface area contributed by atoms with Crippen molar-refractivity contribution in [1.82, 2.24) is 15.3 Å². The molecule has 1 aliphatic rings. The molecule has 1 fully saturated rings. The van der Waals surface area contributed by atoms with E-state index in [1.165, 1.54) is 4.48 Å². The third kappa shape index (κ3) is 5.57. The number of nitrogens with one attached hydrogen (secondary N) is 2. The first kappa shape index (κ1) is 21.3. The molecule has 0 saturated heterocycles. The minimum absolute atomic E-state index is 0.0146. The molecule has 0 aliphatic heterocycles. The van der Waals surface area contributed by atoms with Crippen LogP contribution in [-0.2, 0) is 0 Å². The number of hydrogen-bond donors (Lipinski definition) is 2. The average molecular weight is 507 g/mol. The van der Waals surface area contributed by atoms with Crippen molar-refractivity contribution >= 4 is 46.9 Å². The number of halogens is 1. The molecule has 1 heterocycles. The molecule has 0 radical (unpaired) electrons.